The largest absolute Gasteiger partial charge is 0.394 e. The first-order valence-corrected chi connectivity index (χ1v) is 8.90. The second-order valence-corrected chi connectivity index (χ2v) is 6.67. The third kappa shape index (κ3) is 6.23. The molecule has 1 rings (SSSR count). The fourth-order valence-electron chi connectivity index (χ4n) is 3.55. The molecular weight excluding hydrogens is 262 g/mol. The molecule has 0 aromatic carbocycles. The quantitative estimate of drug-likeness (QED) is 0.572. The lowest BCUT2D eigenvalue weighted by Crippen LogP contribution is -2.45. The van der Waals surface area contributed by atoms with E-state index in [4.69, 9.17) is 0 Å². The van der Waals surface area contributed by atoms with Gasteiger partial charge in [-0.25, -0.2) is 0 Å². The molecule has 2 N–H and O–H groups in total. The maximum atomic E-state index is 9.50. The van der Waals surface area contributed by atoms with E-state index in [-0.39, 0.29) is 12.1 Å². The Kier molecular flexibility index (Phi) is 8.79. The maximum absolute atomic E-state index is 9.50. The minimum absolute atomic E-state index is 0.0937. The number of aliphatic hydroxyl groups is 1. The van der Waals surface area contributed by atoms with Gasteiger partial charge in [-0.1, -0.05) is 27.2 Å². The van der Waals surface area contributed by atoms with Crippen LogP contribution < -0.4 is 5.32 Å². The number of likely N-dealkylation sites (tertiary alicyclic amines) is 1. The summed E-state index contributed by atoms with van der Waals surface area (Å²) < 4.78 is 0. The van der Waals surface area contributed by atoms with Crippen LogP contribution in [0.15, 0.2) is 0 Å². The summed E-state index contributed by atoms with van der Waals surface area (Å²) >= 11 is 0. The Balaban J connectivity index is 2.19. The number of nitrogens with one attached hydrogen (secondary N) is 1. The highest BCUT2D eigenvalue weighted by Crippen LogP contribution is 2.18. The molecule has 1 aliphatic heterocycles. The molecule has 4 heteroatoms. The molecule has 21 heavy (non-hydrogen) atoms. The Morgan fingerprint density at radius 3 is 2.52 bits per heavy atom. The molecule has 0 amide bonds. The van der Waals surface area contributed by atoms with Crippen LogP contribution in [-0.2, 0) is 0 Å². The number of rotatable bonds is 11. The lowest BCUT2D eigenvalue weighted by molar-refractivity contribution is 0.162. The molecule has 126 valence electrons. The van der Waals surface area contributed by atoms with E-state index in [1.54, 1.807) is 0 Å². The number of unbranched alkanes of at least 4 members (excludes halogenated alkanes) is 1. The van der Waals surface area contributed by atoms with Crippen LogP contribution in [0.1, 0.15) is 53.4 Å². The van der Waals surface area contributed by atoms with Gasteiger partial charge in [-0.05, 0) is 58.9 Å². The van der Waals surface area contributed by atoms with Gasteiger partial charge in [0.2, 0.25) is 0 Å². The summed E-state index contributed by atoms with van der Waals surface area (Å²) in [5.74, 6) is 0. The van der Waals surface area contributed by atoms with E-state index in [1.165, 1.54) is 52.0 Å². The first kappa shape index (κ1) is 18.9. The Bertz CT molecular complexity index is 271. The topological polar surface area (TPSA) is 38.7 Å². The number of nitrogens with zero attached hydrogens (tertiary/aromatic N) is 2. The van der Waals surface area contributed by atoms with Gasteiger partial charge in [0.15, 0.2) is 0 Å². The number of hydrogen-bond donors (Lipinski definition) is 2. The molecule has 0 radical (unpaired) electrons. The van der Waals surface area contributed by atoms with Crippen LogP contribution in [0, 0.1) is 0 Å². The van der Waals surface area contributed by atoms with Gasteiger partial charge < -0.3 is 15.3 Å². The summed E-state index contributed by atoms with van der Waals surface area (Å²) in [6, 6.07) is 0.768. The lowest BCUT2D eigenvalue weighted by Gasteiger charge is -2.29. The Morgan fingerprint density at radius 1 is 1.24 bits per heavy atom. The number of hydrogen-bond acceptors (Lipinski definition) is 4. The number of likely N-dealkylation sites (N-methyl/N-ethyl adjacent to an activating group) is 2. The molecule has 1 fully saturated rings. The average Bonchev–Trinajstić information content (AvgIpc) is 2.94. The molecular formula is C17H37N3O. The minimum atomic E-state index is -0.0937. The Labute approximate surface area is 131 Å². The molecule has 0 aromatic heterocycles. The fourth-order valence-corrected chi connectivity index (χ4v) is 3.55. The van der Waals surface area contributed by atoms with E-state index in [2.05, 4.69) is 42.8 Å². The summed E-state index contributed by atoms with van der Waals surface area (Å²) in [4.78, 5) is 5.21. The van der Waals surface area contributed by atoms with Crippen molar-refractivity contribution in [3.05, 3.63) is 0 Å². The SMILES string of the molecule is CCNC(C)(CO)CCCCN1CCC(N(CC)CC)C1. The van der Waals surface area contributed by atoms with Crippen molar-refractivity contribution in [1.82, 2.24) is 15.1 Å². The zero-order valence-electron chi connectivity index (χ0n) is 14.7. The molecule has 0 aliphatic carbocycles. The van der Waals surface area contributed by atoms with E-state index in [1.807, 2.05) is 0 Å². The normalized spacial score (nSPS) is 22.9. The van der Waals surface area contributed by atoms with E-state index in [0.717, 1.165) is 19.0 Å². The van der Waals surface area contributed by atoms with Crippen molar-refractivity contribution in [3.8, 4) is 0 Å². The smallest absolute Gasteiger partial charge is 0.0610 e. The second-order valence-electron chi connectivity index (χ2n) is 6.67. The van der Waals surface area contributed by atoms with Crippen LogP contribution in [0.3, 0.4) is 0 Å². The molecule has 2 atom stereocenters. The summed E-state index contributed by atoms with van der Waals surface area (Å²) in [6.45, 7) is 16.0. The predicted octanol–water partition coefficient (Wildman–Crippen LogP) is 1.93. The highest BCUT2D eigenvalue weighted by Gasteiger charge is 2.26. The molecule has 0 saturated carbocycles. The standard InChI is InChI=1S/C17H37N3O/c1-5-18-17(4,15-21)11-8-9-12-19-13-10-16(14-19)20(6-2)7-3/h16,18,21H,5-15H2,1-4H3. The third-order valence-corrected chi connectivity index (χ3v) is 4.98. The van der Waals surface area contributed by atoms with Crippen molar-refractivity contribution in [2.24, 2.45) is 0 Å². The zero-order chi connectivity index (χ0) is 15.7. The van der Waals surface area contributed by atoms with E-state index in [9.17, 15) is 5.11 Å². The van der Waals surface area contributed by atoms with Crippen LogP contribution in [0.25, 0.3) is 0 Å². The highest BCUT2D eigenvalue weighted by molar-refractivity contribution is 4.84. The van der Waals surface area contributed by atoms with E-state index < -0.39 is 0 Å². The average molecular weight is 300 g/mol. The van der Waals surface area contributed by atoms with Crippen molar-refractivity contribution in [2.75, 3.05) is 45.9 Å². The monoisotopic (exact) mass is 299 g/mol. The van der Waals surface area contributed by atoms with Crippen LogP contribution in [0.5, 0.6) is 0 Å². The molecule has 1 heterocycles. The van der Waals surface area contributed by atoms with Crippen LogP contribution in [-0.4, -0.2) is 72.4 Å². The summed E-state index contributed by atoms with van der Waals surface area (Å²) in [7, 11) is 0. The second kappa shape index (κ2) is 9.78. The van der Waals surface area contributed by atoms with Gasteiger partial charge >= 0.3 is 0 Å². The summed E-state index contributed by atoms with van der Waals surface area (Å²) in [5.41, 5.74) is -0.0937. The molecule has 0 bridgehead atoms. The van der Waals surface area contributed by atoms with Gasteiger partial charge in [-0.15, -0.1) is 0 Å². The number of aliphatic hydroxyl groups excluding tert-OH is 1. The van der Waals surface area contributed by atoms with Gasteiger partial charge in [0.25, 0.3) is 0 Å². The van der Waals surface area contributed by atoms with Crippen molar-refractivity contribution in [1.29, 1.82) is 0 Å². The van der Waals surface area contributed by atoms with Crippen LogP contribution in [0.4, 0.5) is 0 Å². The van der Waals surface area contributed by atoms with E-state index in [0.29, 0.717) is 0 Å². The molecule has 0 spiro atoms. The van der Waals surface area contributed by atoms with Crippen LogP contribution in [0.2, 0.25) is 0 Å². The van der Waals surface area contributed by atoms with Crippen molar-refractivity contribution >= 4 is 0 Å². The van der Waals surface area contributed by atoms with Crippen molar-refractivity contribution in [2.45, 2.75) is 65.0 Å². The first-order chi connectivity index (χ1) is 10.1. The van der Waals surface area contributed by atoms with Crippen molar-refractivity contribution in [3.63, 3.8) is 0 Å². The van der Waals surface area contributed by atoms with E-state index >= 15 is 0 Å². The summed E-state index contributed by atoms with van der Waals surface area (Å²) in [6.07, 6.45) is 4.82. The van der Waals surface area contributed by atoms with Crippen LogP contribution >= 0.6 is 0 Å². The third-order valence-electron chi connectivity index (χ3n) is 4.98. The molecule has 1 saturated heterocycles. The Hall–Kier alpha value is -0.160. The molecule has 4 nitrogen and oxygen atoms in total. The summed E-state index contributed by atoms with van der Waals surface area (Å²) in [5, 5.41) is 12.9. The van der Waals surface area contributed by atoms with Gasteiger partial charge in [-0.3, -0.25) is 4.90 Å². The van der Waals surface area contributed by atoms with Gasteiger partial charge in [0.1, 0.15) is 0 Å². The molecule has 1 aliphatic rings. The first-order valence-electron chi connectivity index (χ1n) is 8.90. The highest BCUT2D eigenvalue weighted by atomic mass is 16.3. The van der Waals surface area contributed by atoms with Gasteiger partial charge in [-0.2, -0.15) is 0 Å². The lowest BCUT2D eigenvalue weighted by atomic mass is 9.95. The predicted molar refractivity (Wildman–Crippen MR) is 90.8 cm³/mol. The van der Waals surface area contributed by atoms with Crippen molar-refractivity contribution < 1.29 is 5.11 Å². The molecule has 0 aromatic rings. The fraction of sp³-hybridized carbons (Fsp3) is 1.00. The zero-order valence-corrected chi connectivity index (χ0v) is 14.7. The Morgan fingerprint density at radius 2 is 1.95 bits per heavy atom. The molecule has 2 unspecified atom stereocenters. The van der Waals surface area contributed by atoms with Gasteiger partial charge in [0.05, 0.1) is 6.61 Å². The van der Waals surface area contributed by atoms with Gasteiger partial charge in [0, 0.05) is 18.1 Å². The maximum Gasteiger partial charge on any atom is 0.0610 e. The minimum Gasteiger partial charge on any atom is -0.394 e.